The Kier molecular flexibility index (Phi) is 5.91. The number of carbonyl (C=O) groups excluding carboxylic acids is 2. The van der Waals surface area contributed by atoms with Crippen LogP contribution < -0.4 is 0 Å². The predicted octanol–water partition coefficient (Wildman–Crippen LogP) is 3.37. The first-order valence-electron chi connectivity index (χ1n) is 7.28. The van der Waals surface area contributed by atoms with Gasteiger partial charge in [-0.1, -0.05) is 30.9 Å². The van der Waals surface area contributed by atoms with Crippen LogP contribution in [0.15, 0.2) is 59.0 Å². The Hall–Kier alpha value is -3.59. The van der Waals surface area contributed by atoms with Crippen molar-refractivity contribution < 1.29 is 23.5 Å². The van der Waals surface area contributed by atoms with Crippen LogP contribution in [0.3, 0.4) is 0 Å². The standard InChI is InChI=1S/C19H15NO5/c1-3-10-24-18(21)13(12-20)11-14-8-9-17(25-14)15-6-4-5-7-16(15)19(22)23-2/h3-9,11H,1,10H2,2H3/b13-11+. The minimum atomic E-state index is -0.768. The molecule has 2 aromatic rings. The first-order chi connectivity index (χ1) is 12.1. The van der Waals surface area contributed by atoms with E-state index in [1.165, 1.54) is 19.3 Å². The molecule has 6 heteroatoms. The van der Waals surface area contributed by atoms with Crippen LogP contribution in [-0.4, -0.2) is 25.7 Å². The molecule has 0 fully saturated rings. The number of carbonyl (C=O) groups is 2. The molecule has 0 N–H and O–H groups in total. The summed E-state index contributed by atoms with van der Waals surface area (Å²) in [5, 5.41) is 9.08. The molecule has 1 aromatic carbocycles. The molecule has 0 aliphatic carbocycles. The molecule has 1 heterocycles. The third-order valence-electron chi connectivity index (χ3n) is 3.18. The number of methoxy groups -OCH3 is 1. The van der Waals surface area contributed by atoms with Crippen molar-refractivity contribution in [3.63, 3.8) is 0 Å². The zero-order valence-electron chi connectivity index (χ0n) is 13.5. The highest BCUT2D eigenvalue weighted by Crippen LogP contribution is 2.27. The van der Waals surface area contributed by atoms with Gasteiger partial charge in [0.25, 0.3) is 0 Å². The second-order valence-electron chi connectivity index (χ2n) is 4.80. The summed E-state index contributed by atoms with van der Waals surface area (Å²) < 4.78 is 15.2. The van der Waals surface area contributed by atoms with Crippen molar-refractivity contribution in [1.82, 2.24) is 0 Å². The molecule has 1 aromatic heterocycles. The van der Waals surface area contributed by atoms with Gasteiger partial charge in [0.2, 0.25) is 0 Å². The van der Waals surface area contributed by atoms with Gasteiger partial charge in [0.05, 0.1) is 12.7 Å². The summed E-state index contributed by atoms with van der Waals surface area (Å²) in [5.41, 5.74) is 0.687. The highest BCUT2D eigenvalue weighted by Gasteiger charge is 2.16. The summed E-state index contributed by atoms with van der Waals surface area (Å²) in [5.74, 6) is -0.573. The monoisotopic (exact) mass is 337 g/mol. The zero-order valence-corrected chi connectivity index (χ0v) is 13.5. The van der Waals surface area contributed by atoms with Crippen LogP contribution in [0.5, 0.6) is 0 Å². The van der Waals surface area contributed by atoms with Crippen molar-refractivity contribution in [3.05, 3.63) is 65.9 Å². The van der Waals surface area contributed by atoms with E-state index in [1.807, 2.05) is 0 Å². The van der Waals surface area contributed by atoms with Crippen molar-refractivity contribution in [2.45, 2.75) is 0 Å². The maximum Gasteiger partial charge on any atom is 0.349 e. The summed E-state index contributed by atoms with van der Waals surface area (Å²) in [7, 11) is 1.30. The van der Waals surface area contributed by atoms with Crippen molar-refractivity contribution >= 4 is 18.0 Å². The van der Waals surface area contributed by atoms with Crippen molar-refractivity contribution in [2.24, 2.45) is 0 Å². The Morgan fingerprint density at radius 1 is 1.28 bits per heavy atom. The molecule has 0 saturated carbocycles. The fourth-order valence-electron chi connectivity index (χ4n) is 2.05. The molecule has 0 unspecified atom stereocenters. The summed E-state index contributed by atoms with van der Waals surface area (Å²) in [4.78, 5) is 23.6. The van der Waals surface area contributed by atoms with Gasteiger partial charge in [0.1, 0.15) is 29.8 Å². The summed E-state index contributed by atoms with van der Waals surface area (Å²) >= 11 is 0. The van der Waals surface area contributed by atoms with E-state index in [0.29, 0.717) is 16.9 Å². The SMILES string of the molecule is C=CCOC(=O)/C(C#N)=C/c1ccc(-c2ccccc2C(=O)OC)o1. The Morgan fingerprint density at radius 3 is 2.72 bits per heavy atom. The number of rotatable bonds is 6. The molecule has 126 valence electrons. The Balaban J connectivity index is 2.33. The van der Waals surface area contributed by atoms with Gasteiger partial charge in [-0.3, -0.25) is 0 Å². The van der Waals surface area contributed by atoms with Crippen LogP contribution in [0.2, 0.25) is 0 Å². The first-order valence-corrected chi connectivity index (χ1v) is 7.28. The molecule has 2 rings (SSSR count). The summed E-state index contributed by atoms with van der Waals surface area (Å²) in [6.45, 7) is 3.44. The molecule has 0 atom stereocenters. The number of hydrogen-bond acceptors (Lipinski definition) is 6. The van der Waals surface area contributed by atoms with Crippen LogP contribution in [0, 0.1) is 11.3 Å². The largest absolute Gasteiger partial charge is 0.465 e. The van der Waals surface area contributed by atoms with Crippen LogP contribution in [0.4, 0.5) is 0 Å². The Morgan fingerprint density at radius 2 is 2.04 bits per heavy atom. The van der Waals surface area contributed by atoms with Gasteiger partial charge >= 0.3 is 11.9 Å². The van der Waals surface area contributed by atoms with Crippen molar-refractivity contribution in [3.8, 4) is 17.4 Å². The quantitative estimate of drug-likeness (QED) is 0.347. The lowest BCUT2D eigenvalue weighted by atomic mass is 10.1. The van der Waals surface area contributed by atoms with Gasteiger partial charge in [-0.05, 0) is 18.2 Å². The molecule has 0 saturated heterocycles. The lowest BCUT2D eigenvalue weighted by Gasteiger charge is -2.04. The molecule has 0 aliphatic rings. The molecule has 0 bridgehead atoms. The highest BCUT2D eigenvalue weighted by molar-refractivity contribution is 5.98. The van der Waals surface area contributed by atoms with E-state index in [2.05, 4.69) is 6.58 Å². The van der Waals surface area contributed by atoms with Gasteiger partial charge < -0.3 is 13.9 Å². The number of furan rings is 1. The third kappa shape index (κ3) is 4.24. The van der Waals surface area contributed by atoms with E-state index in [-0.39, 0.29) is 17.9 Å². The van der Waals surface area contributed by atoms with Gasteiger partial charge in [-0.2, -0.15) is 5.26 Å². The molecular formula is C19H15NO5. The van der Waals surface area contributed by atoms with Gasteiger partial charge in [0, 0.05) is 11.6 Å². The highest BCUT2D eigenvalue weighted by atomic mass is 16.5. The first kappa shape index (κ1) is 17.8. The summed E-state index contributed by atoms with van der Waals surface area (Å²) in [6.07, 6.45) is 2.68. The average Bonchev–Trinajstić information content (AvgIpc) is 3.11. The maximum absolute atomic E-state index is 11.8. The van der Waals surface area contributed by atoms with Crippen LogP contribution >= 0.6 is 0 Å². The topological polar surface area (TPSA) is 89.5 Å². The van der Waals surface area contributed by atoms with E-state index < -0.39 is 11.9 Å². The number of esters is 2. The van der Waals surface area contributed by atoms with E-state index >= 15 is 0 Å². The number of benzene rings is 1. The number of hydrogen-bond donors (Lipinski definition) is 0. The molecule has 0 spiro atoms. The molecule has 6 nitrogen and oxygen atoms in total. The fourth-order valence-corrected chi connectivity index (χ4v) is 2.05. The van der Waals surface area contributed by atoms with Crippen LogP contribution in [-0.2, 0) is 14.3 Å². The molecule has 25 heavy (non-hydrogen) atoms. The minimum absolute atomic E-state index is 0.00770. The Labute approximate surface area is 144 Å². The minimum Gasteiger partial charge on any atom is -0.465 e. The fraction of sp³-hybridized carbons (Fsp3) is 0.105. The van der Waals surface area contributed by atoms with E-state index in [1.54, 1.807) is 42.5 Å². The second-order valence-corrected chi connectivity index (χ2v) is 4.80. The molecule has 0 aliphatic heterocycles. The van der Waals surface area contributed by atoms with Gasteiger partial charge in [-0.25, -0.2) is 9.59 Å². The lowest BCUT2D eigenvalue weighted by Crippen LogP contribution is -2.06. The third-order valence-corrected chi connectivity index (χ3v) is 3.18. The van der Waals surface area contributed by atoms with E-state index in [4.69, 9.17) is 19.2 Å². The van der Waals surface area contributed by atoms with Gasteiger partial charge in [-0.15, -0.1) is 0 Å². The normalized spacial score (nSPS) is 10.6. The van der Waals surface area contributed by atoms with Gasteiger partial charge in [0.15, 0.2) is 0 Å². The summed E-state index contributed by atoms with van der Waals surface area (Å²) in [6, 6.07) is 11.8. The molecule has 0 amide bonds. The van der Waals surface area contributed by atoms with Crippen molar-refractivity contribution in [1.29, 1.82) is 5.26 Å². The van der Waals surface area contributed by atoms with Crippen LogP contribution in [0.25, 0.3) is 17.4 Å². The van der Waals surface area contributed by atoms with Crippen LogP contribution in [0.1, 0.15) is 16.1 Å². The number of ether oxygens (including phenoxy) is 2. The molecular weight excluding hydrogens is 322 g/mol. The Bertz CT molecular complexity index is 870. The predicted molar refractivity (Wildman–Crippen MR) is 90.2 cm³/mol. The number of nitriles is 1. The zero-order chi connectivity index (χ0) is 18.2. The smallest absolute Gasteiger partial charge is 0.349 e. The molecule has 0 radical (unpaired) electrons. The van der Waals surface area contributed by atoms with E-state index in [9.17, 15) is 9.59 Å². The number of nitrogens with zero attached hydrogens (tertiary/aromatic N) is 1. The average molecular weight is 337 g/mol. The van der Waals surface area contributed by atoms with E-state index in [0.717, 1.165) is 0 Å². The lowest BCUT2D eigenvalue weighted by molar-refractivity contribution is -0.137. The second kappa shape index (κ2) is 8.31. The van der Waals surface area contributed by atoms with Crippen molar-refractivity contribution in [2.75, 3.05) is 13.7 Å². The maximum atomic E-state index is 11.8.